The van der Waals surface area contributed by atoms with E-state index in [1.807, 2.05) is 0 Å². The molecule has 0 atom stereocenters. The smallest absolute Gasteiger partial charge is 0.191 e. The molecule has 0 bridgehead atoms. The van der Waals surface area contributed by atoms with Crippen LogP contribution in [0.4, 0.5) is 11.4 Å². The lowest BCUT2D eigenvalue weighted by atomic mass is 10.0. The third-order valence-electron chi connectivity index (χ3n) is 4.75. The van der Waals surface area contributed by atoms with Crippen LogP contribution in [-0.4, -0.2) is 32.1 Å². The lowest BCUT2D eigenvalue weighted by molar-refractivity contribution is 0.756. The van der Waals surface area contributed by atoms with Crippen LogP contribution in [0.2, 0.25) is 0 Å². The van der Waals surface area contributed by atoms with E-state index in [1.165, 1.54) is 22.5 Å². The molecule has 124 valence electrons. The van der Waals surface area contributed by atoms with Crippen molar-refractivity contribution in [1.29, 1.82) is 0 Å². The van der Waals surface area contributed by atoms with Crippen LogP contribution in [0.25, 0.3) is 0 Å². The molecule has 0 aliphatic carbocycles. The fourth-order valence-corrected chi connectivity index (χ4v) is 3.57. The Morgan fingerprint density at radius 1 is 0.958 bits per heavy atom. The van der Waals surface area contributed by atoms with E-state index in [9.17, 15) is 0 Å². The molecule has 24 heavy (non-hydrogen) atoms. The minimum Gasteiger partial charge on any atom is -0.356 e. The van der Waals surface area contributed by atoms with Crippen LogP contribution in [0.5, 0.6) is 0 Å². The van der Waals surface area contributed by atoms with Gasteiger partial charge in [-0.15, -0.1) is 0 Å². The molecule has 2 aliphatic rings. The summed E-state index contributed by atoms with van der Waals surface area (Å²) in [5.74, 6) is 0.951. The Morgan fingerprint density at radius 3 is 2.25 bits per heavy atom. The minimum atomic E-state index is 0.884. The van der Waals surface area contributed by atoms with Crippen molar-refractivity contribution >= 4 is 17.3 Å². The maximum Gasteiger partial charge on any atom is 0.191 e. The van der Waals surface area contributed by atoms with Crippen LogP contribution in [0.15, 0.2) is 53.5 Å². The zero-order valence-corrected chi connectivity index (χ0v) is 14.0. The molecule has 4 rings (SSSR count). The number of fused-ring (bicyclic) bond motifs is 2. The second-order valence-corrected chi connectivity index (χ2v) is 6.35. The molecular weight excluding hydrogens is 296 g/mol. The molecule has 0 saturated heterocycles. The third-order valence-corrected chi connectivity index (χ3v) is 4.75. The summed E-state index contributed by atoms with van der Waals surface area (Å²) in [4.78, 5) is 6.88. The number of aryl methyl sites for hydroxylation is 2. The number of nitrogens with zero attached hydrogens (tertiary/aromatic N) is 2. The zero-order valence-electron chi connectivity index (χ0n) is 14.0. The standard InChI is InChI=1S/C20H24N4/c1-3-8-18-16(6-1)10-11-17-7-2-4-9-19(17)24(18)15-5-12-21-20-22-13-14-23-20/h1-4,6-9H,5,10-15H2,(H2,21,22,23). The quantitative estimate of drug-likeness (QED) is 0.851. The second kappa shape index (κ2) is 6.95. The van der Waals surface area contributed by atoms with Gasteiger partial charge in [-0.1, -0.05) is 36.4 Å². The summed E-state index contributed by atoms with van der Waals surface area (Å²) in [7, 11) is 0. The summed E-state index contributed by atoms with van der Waals surface area (Å²) in [5, 5.41) is 6.66. The van der Waals surface area contributed by atoms with Crippen LogP contribution < -0.4 is 15.5 Å². The molecule has 0 spiro atoms. The molecule has 2 aromatic carbocycles. The first-order valence-corrected chi connectivity index (χ1v) is 8.87. The molecule has 0 aromatic heterocycles. The van der Waals surface area contributed by atoms with Gasteiger partial charge in [0.05, 0.1) is 6.54 Å². The molecule has 0 unspecified atom stereocenters. The van der Waals surface area contributed by atoms with Crippen molar-refractivity contribution in [3.05, 3.63) is 59.7 Å². The molecule has 4 nitrogen and oxygen atoms in total. The van der Waals surface area contributed by atoms with Crippen LogP contribution in [0, 0.1) is 0 Å². The molecule has 4 heteroatoms. The van der Waals surface area contributed by atoms with E-state index in [4.69, 9.17) is 0 Å². The Labute approximate surface area is 143 Å². The zero-order chi connectivity index (χ0) is 16.2. The highest BCUT2D eigenvalue weighted by atomic mass is 15.2. The SMILES string of the molecule is c1ccc2c(c1)CCc1ccccc1N2CCCNC1=NCCN1. The number of hydrogen-bond donors (Lipinski definition) is 2. The van der Waals surface area contributed by atoms with Crippen molar-refractivity contribution in [3.63, 3.8) is 0 Å². The molecule has 2 N–H and O–H groups in total. The van der Waals surface area contributed by atoms with E-state index >= 15 is 0 Å². The maximum atomic E-state index is 4.39. The van der Waals surface area contributed by atoms with Crippen LogP contribution in [0.1, 0.15) is 17.5 Å². The first kappa shape index (κ1) is 15.1. The Morgan fingerprint density at radius 2 is 1.62 bits per heavy atom. The van der Waals surface area contributed by atoms with Crippen LogP contribution in [-0.2, 0) is 12.8 Å². The number of para-hydroxylation sites is 2. The molecule has 2 aliphatic heterocycles. The first-order valence-electron chi connectivity index (χ1n) is 8.87. The Kier molecular flexibility index (Phi) is 4.36. The number of guanidine groups is 1. The summed E-state index contributed by atoms with van der Waals surface area (Å²) in [6.07, 6.45) is 3.30. The Hall–Kier alpha value is -2.49. The molecule has 0 radical (unpaired) electrons. The Bertz CT molecular complexity index is 690. The molecule has 2 aromatic rings. The Balaban J connectivity index is 1.52. The number of hydrogen-bond acceptors (Lipinski definition) is 4. The largest absolute Gasteiger partial charge is 0.356 e. The average Bonchev–Trinajstić information content (AvgIpc) is 3.09. The fourth-order valence-electron chi connectivity index (χ4n) is 3.57. The number of anilines is 2. The van der Waals surface area contributed by atoms with Crippen LogP contribution >= 0.6 is 0 Å². The van der Waals surface area contributed by atoms with Crippen molar-refractivity contribution in [2.45, 2.75) is 19.3 Å². The summed E-state index contributed by atoms with van der Waals surface area (Å²) < 4.78 is 0. The number of nitrogens with one attached hydrogen (secondary N) is 2. The lowest BCUT2D eigenvalue weighted by Gasteiger charge is -2.27. The van der Waals surface area contributed by atoms with Gasteiger partial charge in [-0.05, 0) is 42.5 Å². The van der Waals surface area contributed by atoms with E-state index in [1.54, 1.807) is 0 Å². The highest BCUT2D eigenvalue weighted by Crippen LogP contribution is 2.35. The van der Waals surface area contributed by atoms with Gasteiger partial charge in [0.15, 0.2) is 5.96 Å². The van der Waals surface area contributed by atoms with E-state index in [0.29, 0.717) is 0 Å². The van der Waals surface area contributed by atoms with Gasteiger partial charge in [-0.3, -0.25) is 4.99 Å². The van der Waals surface area contributed by atoms with Gasteiger partial charge in [-0.25, -0.2) is 0 Å². The molecule has 0 saturated carbocycles. The van der Waals surface area contributed by atoms with Gasteiger partial charge >= 0.3 is 0 Å². The molecule has 2 heterocycles. The van der Waals surface area contributed by atoms with Crippen molar-refractivity contribution in [2.75, 3.05) is 31.1 Å². The lowest BCUT2D eigenvalue weighted by Crippen LogP contribution is -2.35. The van der Waals surface area contributed by atoms with Crippen molar-refractivity contribution in [2.24, 2.45) is 4.99 Å². The summed E-state index contributed by atoms with van der Waals surface area (Å²) in [6, 6.07) is 17.6. The van der Waals surface area contributed by atoms with Gasteiger partial charge < -0.3 is 15.5 Å². The summed E-state index contributed by atoms with van der Waals surface area (Å²) in [5.41, 5.74) is 5.62. The van der Waals surface area contributed by atoms with Gasteiger partial charge in [0.1, 0.15) is 0 Å². The average molecular weight is 320 g/mol. The molecule has 0 fully saturated rings. The first-order chi connectivity index (χ1) is 11.9. The highest BCUT2D eigenvalue weighted by Gasteiger charge is 2.19. The van der Waals surface area contributed by atoms with Crippen molar-refractivity contribution < 1.29 is 0 Å². The van der Waals surface area contributed by atoms with E-state index < -0.39 is 0 Å². The number of rotatable bonds is 4. The topological polar surface area (TPSA) is 39.7 Å². The van der Waals surface area contributed by atoms with Gasteiger partial charge in [0.2, 0.25) is 0 Å². The molecular formula is C20H24N4. The van der Waals surface area contributed by atoms with Gasteiger partial charge in [-0.2, -0.15) is 0 Å². The van der Waals surface area contributed by atoms with Crippen LogP contribution in [0.3, 0.4) is 0 Å². The number of aliphatic imine (C=N–C) groups is 1. The van der Waals surface area contributed by atoms with Gasteiger partial charge in [0.25, 0.3) is 0 Å². The summed E-state index contributed by atoms with van der Waals surface area (Å²) >= 11 is 0. The number of benzene rings is 2. The predicted octanol–water partition coefficient (Wildman–Crippen LogP) is 2.86. The van der Waals surface area contributed by atoms with Crippen molar-refractivity contribution in [3.8, 4) is 0 Å². The maximum absolute atomic E-state index is 4.39. The monoisotopic (exact) mass is 320 g/mol. The normalized spacial score (nSPS) is 15.8. The molecule has 0 amide bonds. The highest BCUT2D eigenvalue weighted by molar-refractivity contribution is 5.81. The van der Waals surface area contributed by atoms with Gasteiger partial charge in [0, 0.05) is 31.0 Å². The van der Waals surface area contributed by atoms with E-state index in [0.717, 1.165) is 51.4 Å². The van der Waals surface area contributed by atoms with E-state index in [-0.39, 0.29) is 0 Å². The summed E-state index contributed by atoms with van der Waals surface area (Å²) in [6.45, 7) is 3.78. The minimum absolute atomic E-state index is 0.884. The second-order valence-electron chi connectivity index (χ2n) is 6.35. The van der Waals surface area contributed by atoms with Crippen molar-refractivity contribution in [1.82, 2.24) is 10.6 Å². The predicted molar refractivity (Wildman–Crippen MR) is 100 cm³/mol. The van der Waals surface area contributed by atoms with E-state index in [2.05, 4.69) is 69.1 Å². The fraction of sp³-hybridized carbons (Fsp3) is 0.350. The third kappa shape index (κ3) is 3.09.